The number of sulfonamides is 1. The molecule has 0 saturated carbocycles. The van der Waals surface area contributed by atoms with E-state index in [2.05, 4.69) is 4.72 Å². The van der Waals surface area contributed by atoms with Crippen LogP contribution < -0.4 is 4.72 Å². The molecule has 0 heterocycles. The summed E-state index contributed by atoms with van der Waals surface area (Å²) in [6, 6.07) is 9.53. The molecule has 3 N–H and O–H groups in total. The number of hydrogen-bond donors (Lipinski definition) is 3. The minimum atomic E-state index is -3.51. The maximum atomic E-state index is 12.1. The zero-order valence-electron chi connectivity index (χ0n) is 17.7. The summed E-state index contributed by atoms with van der Waals surface area (Å²) in [6.07, 6.45) is 1.12. The SMILES string of the molecule is CC(C)(C)c1cc(C(NS(C)(=O)=O)c2ccc(O)cc2)cc(C(C)(C)C)c1O. The molecule has 0 aliphatic carbocycles. The van der Waals surface area contributed by atoms with Crippen LogP contribution in [0.15, 0.2) is 36.4 Å². The summed E-state index contributed by atoms with van der Waals surface area (Å²) >= 11 is 0. The number of benzene rings is 2. The number of aromatic hydroxyl groups is 2. The molecule has 5 nitrogen and oxygen atoms in total. The van der Waals surface area contributed by atoms with Gasteiger partial charge in [0.1, 0.15) is 11.5 Å². The third-order valence-electron chi connectivity index (χ3n) is 4.64. The van der Waals surface area contributed by atoms with Crippen LogP contribution in [0.1, 0.15) is 69.8 Å². The van der Waals surface area contributed by atoms with E-state index in [1.165, 1.54) is 12.1 Å². The fraction of sp³-hybridized carbons (Fsp3) is 0.455. The summed E-state index contributed by atoms with van der Waals surface area (Å²) in [6.45, 7) is 12.1. The lowest BCUT2D eigenvalue weighted by atomic mass is 9.77. The molecule has 2 rings (SSSR count). The number of hydrogen-bond acceptors (Lipinski definition) is 4. The molecule has 0 bridgehead atoms. The molecule has 2 aromatic carbocycles. The Morgan fingerprint density at radius 3 is 1.61 bits per heavy atom. The highest BCUT2D eigenvalue weighted by molar-refractivity contribution is 7.88. The predicted molar refractivity (Wildman–Crippen MR) is 113 cm³/mol. The van der Waals surface area contributed by atoms with Crippen LogP contribution in [0, 0.1) is 0 Å². The monoisotopic (exact) mass is 405 g/mol. The predicted octanol–water partition coefficient (Wildman–Crippen LogP) is 4.33. The van der Waals surface area contributed by atoms with Crippen molar-refractivity contribution in [2.45, 2.75) is 58.4 Å². The molecule has 0 amide bonds. The topological polar surface area (TPSA) is 86.6 Å². The van der Waals surface area contributed by atoms with E-state index in [0.717, 1.165) is 22.9 Å². The van der Waals surface area contributed by atoms with Gasteiger partial charge in [-0.25, -0.2) is 13.1 Å². The highest BCUT2D eigenvalue weighted by Gasteiger charge is 2.29. The minimum Gasteiger partial charge on any atom is -0.508 e. The van der Waals surface area contributed by atoms with Crippen molar-refractivity contribution >= 4 is 10.0 Å². The van der Waals surface area contributed by atoms with Crippen LogP contribution in [0.25, 0.3) is 0 Å². The molecule has 0 saturated heterocycles. The first-order chi connectivity index (χ1) is 12.6. The Kier molecular flexibility index (Phi) is 5.89. The maximum absolute atomic E-state index is 12.1. The summed E-state index contributed by atoms with van der Waals surface area (Å²) in [4.78, 5) is 0. The van der Waals surface area contributed by atoms with Gasteiger partial charge in [0.15, 0.2) is 0 Å². The lowest BCUT2D eigenvalue weighted by molar-refractivity contribution is 0.422. The van der Waals surface area contributed by atoms with E-state index in [4.69, 9.17) is 0 Å². The van der Waals surface area contributed by atoms with Crippen molar-refractivity contribution in [2.75, 3.05) is 6.26 Å². The van der Waals surface area contributed by atoms with Gasteiger partial charge < -0.3 is 10.2 Å². The molecule has 1 unspecified atom stereocenters. The van der Waals surface area contributed by atoms with E-state index in [1.807, 2.05) is 53.7 Å². The number of phenols is 2. The van der Waals surface area contributed by atoms with Crippen LogP contribution in [0.5, 0.6) is 11.5 Å². The van der Waals surface area contributed by atoms with Gasteiger partial charge in [0.2, 0.25) is 10.0 Å². The van der Waals surface area contributed by atoms with Crippen LogP contribution in [-0.4, -0.2) is 24.9 Å². The van der Waals surface area contributed by atoms with Crippen molar-refractivity contribution < 1.29 is 18.6 Å². The normalized spacial score (nSPS) is 14.1. The lowest BCUT2D eigenvalue weighted by Crippen LogP contribution is -2.29. The van der Waals surface area contributed by atoms with Crippen molar-refractivity contribution in [3.8, 4) is 11.5 Å². The highest BCUT2D eigenvalue weighted by atomic mass is 32.2. The molecular weight excluding hydrogens is 374 g/mol. The van der Waals surface area contributed by atoms with Crippen LogP contribution in [0.3, 0.4) is 0 Å². The molecule has 0 spiro atoms. The van der Waals surface area contributed by atoms with Gasteiger partial charge in [-0.2, -0.15) is 0 Å². The van der Waals surface area contributed by atoms with Gasteiger partial charge in [-0.15, -0.1) is 0 Å². The molecule has 0 fully saturated rings. The van der Waals surface area contributed by atoms with Gasteiger partial charge in [0.25, 0.3) is 0 Å². The second-order valence-corrected chi connectivity index (χ2v) is 11.2. The summed E-state index contributed by atoms with van der Waals surface area (Å²) < 4.78 is 26.8. The highest BCUT2D eigenvalue weighted by Crippen LogP contribution is 2.41. The van der Waals surface area contributed by atoms with E-state index >= 15 is 0 Å². The Morgan fingerprint density at radius 1 is 0.821 bits per heavy atom. The Bertz CT molecular complexity index is 915. The van der Waals surface area contributed by atoms with Gasteiger partial charge in [0.05, 0.1) is 12.3 Å². The largest absolute Gasteiger partial charge is 0.508 e. The van der Waals surface area contributed by atoms with Gasteiger partial charge in [0, 0.05) is 0 Å². The van der Waals surface area contributed by atoms with E-state index in [0.29, 0.717) is 5.56 Å². The molecule has 28 heavy (non-hydrogen) atoms. The van der Waals surface area contributed by atoms with Crippen molar-refractivity contribution in [3.05, 3.63) is 58.7 Å². The van der Waals surface area contributed by atoms with Crippen LogP contribution in [0.2, 0.25) is 0 Å². The van der Waals surface area contributed by atoms with Crippen LogP contribution in [0.4, 0.5) is 0 Å². The van der Waals surface area contributed by atoms with E-state index in [-0.39, 0.29) is 22.3 Å². The number of phenolic OH excluding ortho intramolecular Hbond substituents is 2. The first kappa shape index (κ1) is 22.2. The summed E-state index contributed by atoms with van der Waals surface area (Å²) in [5.41, 5.74) is 2.30. The first-order valence-electron chi connectivity index (χ1n) is 9.24. The minimum absolute atomic E-state index is 0.110. The molecule has 2 aromatic rings. The van der Waals surface area contributed by atoms with Crippen molar-refractivity contribution in [1.29, 1.82) is 0 Å². The molecule has 6 heteroatoms. The average molecular weight is 406 g/mol. The molecule has 1 atom stereocenters. The average Bonchev–Trinajstić information content (AvgIpc) is 2.51. The molecule has 0 aliphatic heterocycles. The number of rotatable bonds is 4. The smallest absolute Gasteiger partial charge is 0.209 e. The Balaban J connectivity index is 2.79. The Hall–Kier alpha value is -2.05. The molecule has 154 valence electrons. The van der Waals surface area contributed by atoms with Crippen LogP contribution >= 0.6 is 0 Å². The lowest BCUT2D eigenvalue weighted by Gasteiger charge is -2.30. The number of nitrogens with one attached hydrogen (secondary N) is 1. The fourth-order valence-electron chi connectivity index (χ4n) is 3.18. The summed E-state index contributed by atoms with van der Waals surface area (Å²) in [5, 5.41) is 20.5. The van der Waals surface area contributed by atoms with Gasteiger partial charge in [-0.1, -0.05) is 53.7 Å². The van der Waals surface area contributed by atoms with Gasteiger partial charge in [-0.3, -0.25) is 0 Å². The van der Waals surface area contributed by atoms with Gasteiger partial charge >= 0.3 is 0 Å². The third-order valence-corrected chi connectivity index (χ3v) is 5.30. The second kappa shape index (κ2) is 7.41. The Morgan fingerprint density at radius 2 is 1.25 bits per heavy atom. The third kappa shape index (κ3) is 5.26. The Labute approximate surface area is 168 Å². The summed E-state index contributed by atoms with van der Waals surface area (Å²) in [5.74, 6) is 0.353. The molecular formula is C22H31NO4S. The molecule has 0 aliphatic rings. The van der Waals surface area contributed by atoms with Crippen molar-refractivity contribution in [1.82, 2.24) is 4.72 Å². The van der Waals surface area contributed by atoms with E-state index in [1.54, 1.807) is 12.1 Å². The van der Waals surface area contributed by atoms with E-state index in [9.17, 15) is 18.6 Å². The van der Waals surface area contributed by atoms with Crippen molar-refractivity contribution in [3.63, 3.8) is 0 Å². The van der Waals surface area contributed by atoms with E-state index < -0.39 is 16.1 Å². The van der Waals surface area contributed by atoms with Crippen molar-refractivity contribution in [2.24, 2.45) is 0 Å². The quantitative estimate of drug-likeness (QED) is 0.706. The fourth-order valence-corrected chi connectivity index (χ4v) is 3.88. The first-order valence-corrected chi connectivity index (χ1v) is 11.1. The zero-order chi connectivity index (χ0) is 21.5. The maximum Gasteiger partial charge on any atom is 0.209 e. The zero-order valence-corrected chi connectivity index (χ0v) is 18.5. The molecule has 0 radical (unpaired) electrons. The standard InChI is InChI=1S/C22H31NO4S/c1-21(2,3)17-12-15(13-18(20(17)25)22(4,5)6)19(23-28(7,26)27)14-8-10-16(24)11-9-14/h8-13,19,23-25H,1-7H3. The molecule has 0 aromatic heterocycles. The second-order valence-electron chi connectivity index (χ2n) is 9.38. The summed E-state index contributed by atoms with van der Waals surface area (Å²) in [7, 11) is -3.51. The van der Waals surface area contributed by atoms with Crippen LogP contribution in [-0.2, 0) is 20.9 Å². The van der Waals surface area contributed by atoms with Gasteiger partial charge in [-0.05, 0) is 57.3 Å².